The lowest BCUT2D eigenvalue weighted by atomic mass is 10.0. The molecule has 0 bridgehead atoms. The van der Waals surface area contributed by atoms with E-state index in [2.05, 4.69) is 25.5 Å². The summed E-state index contributed by atoms with van der Waals surface area (Å²) in [6.07, 6.45) is 11.1. The average Bonchev–Trinajstić information content (AvgIpc) is 2.91. The van der Waals surface area contributed by atoms with Crippen molar-refractivity contribution in [1.82, 2.24) is 0 Å². The molecule has 0 aromatic rings. The number of nitrogens with zero attached hydrogens (tertiary/aromatic N) is 1. The molecule has 0 aromatic heterocycles. The van der Waals surface area contributed by atoms with E-state index < -0.39 is 15.6 Å². The van der Waals surface area contributed by atoms with Crippen LogP contribution in [0.25, 0.3) is 0 Å². The summed E-state index contributed by atoms with van der Waals surface area (Å²) in [4.78, 5) is 0. The van der Waals surface area contributed by atoms with Crippen molar-refractivity contribution >= 4 is 16.0 Å². The van der Waals surface area contributed by atoms with Crippen LogP contribution in [0.2, 0.25) is 0 Å². The van der Waals surface area contributed by atoms with Gasteiger partial charge in [0.15, 0.2) is 23.3 Å². The van der Waals surface area contributed by atoms with E-state index in [-0.39, 0.29) is 0 Å². The lowest BCUT2D eigenvalue weighted by Crippen LogP contribution is -2.21. The van der Waals surface area contributed by atoms with E-state index in [9.17, 15) is 13.2 Å². The zero-order chi connectivity index (χ0) is 19.5. The quantitative estimate of drug-likeness (QED) is 0.260. The van der Waals surface area contributed by atoms with Gasteiger partial charge in [0.05, 0.1) is 5.92 Å². The van der Waals surface area contributed by atoms with Crippen molar-refractivity contribution in [3.63, 3.8) is 0 Å². The summed E-state index contributed by atoms with van der Waals surface area (Å²) >= 11 is 0. The highest BCUT2D eigenvalue weighted by molar-refractivity contribution is 7.86. The van der Waals surface area contributed by atoms with E-state index in [1.165, 1.54) is 57.3 Å². The van der Waals surface area contributed by atoms with Crippen LogP contribution in [-0.4, -0.2) is 49.2 Å². The van der Waals surface area contributed by atoms with Gasteiger partial charge in [0.1, 0.15) is 7.05 Å². The van der Waals surface area contributed by atoms with Crippen LogP contribution in [0, 0.1) is 5.92 Å². The summed E-state index contributed by atoms with van der Waals surface area (Å²) in [7, 11) is -3.95. The third-order valence-corrected chi connectivity index (χ3v) is 4.57. The number of halogens is 3. The van der Waals surface area contributed by atoms with Crippen LogP contribution in [-0.2, 0) is 14.9 Å². The molecule has 1 atom stereocenters. The van der Waals surface area contributed by atoms with Gasteiger partial charge in [-0.2, -0.15) is 13.2 Å². The average molecular weight is 389 g/mol. The molecule has 0 saturated heterocycles. The first-order chi connectivity index (χ1) is 11.5. The van der Waals surface area contributed by atoms with E-state index in [4.69, 9.17) is 17.7 Å². The predicted octanol–water partition coefficient (Wildman–Crippen LogP) is 3.89. The van der Waals surface area contributed by atoms with Crippen LogP contribution in [0.3, 0.4) is 0 Å². The zero-order valence-corrected chi connectivity index (χ0v) is 16.1. The monoisotopic (exact) mass is 389 g/mol. The summed E-state index contributed by atoms with van der Waals surface area (Å²) < 4.78 is 66.9. The second kappa shape index (κ2) is 11.7. The number of rotatable bonds is 9. The lowest BCUT2D eigenvalue weighted by molar-refractivity contribution is -0.489. The van der Waals surface area contributed by atoms with Crippen molar-refractivity contribution in [2.24, 2.45) is 5.92 Å². The zero-order valence-electron chi connectivity index (χ0n) is 15.3. The van der Waals surface area contributed by atoms with Gasteiger partial charge in [0, 0.05) is 0 Å². The second-order valence-electron chi connectivity index (χ2n) is 6.32. The van der Waals surface area contributed by atoms with Gasteiger partial charge in [-0.3, -0.25) is 0 Å². The Morgan fingerprint density at radius 2 is 1.64 bits per heavy atom. The predicted molar refractivity (Wildman–Crippen MR) is 89.5 cm³/mol. The van der Waals surface area contributed by atoms with Gasteiger partial charge in [-0.25, -0.2) is 13.0 Å². The van der Waals surface area contributed by atoms with Crippen LogP contribution in [0.15, 0.2) is 0 Å². The Labute approximate surface area is 149 Å². The molecule has 1 aliphatic heterocycles. The highest BCUT2D eigenvalue weighted by Crippen LogP contribution is 2.20. The summed E-state index contributed by atoms with van der Waals surface area (Å²) in [6.45, 7) is 6.52. The first-order valence-electron chi connectivity index (χ1n) is 8.73. The molecule has 0 saturated carbocycles. The molecule has 0 aromatic carbocycles. The Morgan fingerprint density at radius 1 is 1.16 bits per heavy atom. The minimum atomic E-state index is -6.09. The molecule has 1 rings (SSSR count). The number of hydrogen-bond donors (Lipinski definition) is 0. The molecule has 1 heterocycles. The number of unbranched alkanes of at least 4 members (excludes halogenated alkanes) is 6. The minimum Gasteiger partial charge on any atom is -0.741 e. The normalized spacial score (nSPS) is 16.3. The standard InChI is InChI=1S/C15H30NO.CHF3O3S/c1-4-5-6-7-8-9-10-11-14(2)15-16(3)12-13-17-15;2-1(3,4)8(5,6)7/h14H,4-13H2,1-3H3;(H,5,6,7)/q+1;/p-1. The summed E-state index contributed by atoms with van der Waals surface area (Å²) in [6, 6.07) is 0. The van der Waals surface area contributed by atoms with Crippen molar-refractivity contribution < 1.29 is 35.5 Å². The Bertz CT molecular complexity index is 504. The smallest absolute Gasteiger partial charge is 0.485 e. The molecule has 0 aliphatic carbocycles. The second-order valence-corrected chi connectivity index (χ2v) is 7.69. The topological polar surface area (TPSA) is 69.4 Å². The van der Waals surface area contributed by atoms with Crippen LogP contribution < -0.4 is 0 Å². The molecule has 0 radical (unpaired) electrons. The molecule has 9 heteroatoms. The minimum absolute atomic E-state index is 0.609. The third kappa shape index (κ3) is 10.7. The Hall–Kier alpha value is -0.830. The largest absolute Gasteiger partial charge is 0.741 e. The van der Waals surface area contributed by atoms with Crippen molar-refractivity contribution in [2.45, 2.75) is 70.7 Å². The Balaban J connectivity index is 0.000000609. The van der Waals surface area contributed by atoms with E-state index in [0.29, 0.717) is 5.92 Å². The molecule has 0 N–H and O–H groups in total. The number of ether oxygens (including phenoxy) is 1. The van der Waals surface area contributed by atoms with Crippen LogP contribution in [0.1, 0.15) is 65.2 Å². The van der Waals surface area contributed by atoms with Gasteiger partial charge >= 0.3 is 11.4 Å². The molecule has 150 valence electrons. The fourth-order valence-corrected chi connectivity index (χ4v) is 2.56. The van der Waals surface area contributed by atoms with Crippen LogP contribution >= 0.6 is 0 Å². The van der Waals surface area contributed by atoms with Gasteiger partial charge in [-0.15, -0.1) is 0 Å². The van der Waals surface area contributed by atoms with Crippen molar-refractivity contribution in [3.05, 3.63) is 0 Å². The maximum atomic E-state index is 10.7. The molecule has 1 unspecified atom stereocenters. The van der Waals surface area contributed by atoms with Crippen molar-refractivity contribution in [3.8, 4) is 0 Å². The highest BCUT2D eigenvalue weighted by Gasteiger charge is 2.36. The van der Waals surface area contributed by atoms with E-state index in [1.54, 1.807) is 0 Å². The fraction of sp³-hybridized carbons (Fsp3) is 0.938. The number of alkyl halides is 3. The summed E-state index contributed by atoms with van der Waals surface area (Å²) in [5.41, 5.74) is -5.65. The molecule has 5 nitrogen and oxygen atoms in total. The van der Waals surface area contributed by atoms with Gasteiger partial charge in [-0.1, -0.05) is 51.9 Å². The number of likely N-dealkylation sites (N-methyl/N-ethyl adjacent to an activating group) is 1. The Kier molecular flexibility index (Phi) is 11.3. The molecule has 25 heavy (non-hydrogen) atoms. The van der Waals surface area contributed by atoms with Crippen molar-refractivity contribution in [2.75, 3.05) is 20.2 Å². The first kappa shape index (κ1) is 24.2. The molecule has 1 aliphatic rings. The van der Waals surface area contributed by atoms with E-state index in [0.717, 1.165) is 13.2 Å². The van der Waals surface area contributed by atoms with E-state index in [1.807, 2.05) is 0 Å². The van der Waals surface area contributed by atoms with Crippen molar-refractivity contribution in [1.29, 1.82) is 0 Å². The lowest BCUT2D eigenvalue weighted by Gasteiger charge is -2.08. The van der Waals surface area contributed by atoms with Crippen LogP contribution in [0.5, 0.6) is 0 Å². The fourth-order valence-electron chi connectivity index (χ4n) is 2.56. The molecular weight excluding hydrogens is 359 g/mol. The molecule has 0 spiro atoms. The van der Waals surface area contributed by atoms with Gasteiger partial charge in [-0.05, 0) is 13.3 Å². The van der Waals surface area contributed by atoms with Gasteiger partial charge < -0.3 is 9.29 Å². The first-order valence-corrected chi connectivity index (χ1v) is 10.1. The third-order valence-electron chi connectivity index (χ3n) is 4.00. The Morgan fingerprint density at radius 3 is 2.04 bits per heavy atom. The summed E-state index contributed by atoms with van der Waals surface area (Å²) in [5.74, 6) is 1.83. The maximum Gasteiger partial charge on any atom is 0.485 e. The number of hydrogen-bond acceptors (Lipinski definition) is 4. The van der Waals surface area contributed by atoms with Crippen LogP contribution in [0.4, 0.5) is 13.2 Å². The molecule has 0 amide bonds. The van der Waals surface area contributed by atoms with Gasteiger partial charge in [0.2, 0.25) is 0 Å². The molecular formula is C16H30F3NO4S. The van der Waals surface area contributed by atoms with Gasteiger partial charge in [0.25, 0.3) is 0 Å². The summed E-state index contributed by atoms with van der Waals surface area (Å²) in [5, 5.41) is 0. The van der Waals surface area contributed by atoms with E-state index >= 15 is 0 Å². The maximum absolute atomic E-state index is 10.7. The SMILES string of the molecule is CCCCCCCCCC(C)C1=[N+](C)CCO1.O=S(=O)([O-])C(F)(F)F. The highest BCUT2D eigenvalue weighted by atomic mass is 32.2. The molecule has 0 fully saturated rings.